The third-order valence-electron chi connectivity index (χ3n) is 3.46. The van der Waals surface area contributed by atoms with Crippen LogP contribution in [-0.4, -0.2) is 69.1 Å². The zero-order valence-electron chi connectivity index (χ0n) is 11.3. The Kier molecular flexibility index (Phi) is 4.81. The van der Waals surface area contributed by atoms with Gasteiger partial charge in [-0.05, 0) is 19.8 Å². The molecule has 0 spiro atoms. The predicted octanol–water partition coefficient (Wildman–Crippen LogP) is -0.599. The first-order valence-electron chi connectivity index (χ1n) is 6.85. The molecule has 1 saturated heterocycles. The lowest BCUT2D eigenvalue weighted by atomic mass is 10.2. The van der Waals surface area contributed by atoms with Crippen molar-refractivity contribution >= 4 is 15.8 Å². The van der Waals surface area contributed by atoms with E-state index in [-0.39, 0.29) is 23.5 Å². The average molecular weight is 290 g/mol. The quantitative estimate of drug-likeness (QED) is 0.658. The number of hydrogen-bond donors (Lipinski definition) is 1. The highest BCUT2D eigenvalue weighted by Gasteiger charge is 2.32. The Balaban J connectivity index is 1.86. The van der Waals surface area contributed by atoms with Crippen LogP contribution in [0.5, 0.6) is 0 Å². The fraction of sp³-hybridized carbons (Fsp3) is 0.917. The summed E-state index contributed by atoms with van der Waals surface area (Å²) in [5.41, 5.74) is 0. The van der Waals surface area contributed by atoms with Crippen molar-refractivity contribution < 1.29 is 17.9 Å². The van der Waals surface area contributed by atoms with Crippen molar-refractivity contribution in [3.05, 3.63) is 0 Å². The molecule has 6 nitrogen and oxygen atoms in total. The molecule has 7 heteroatoms. The third-order valence-corrected chi connectivity index (χ3v) is 5.07. The maximum atomic E-state index is 11.9. The second kappa shape index (κ2) is 6.19. The zero-order valence-corrected chi connectivity index (χ0v) is 12.1. The second-order valence-corrected chi connectivity index (χ2v) is 7.50. The first-order valence-corrected chi connectivity index (χ1v) is 8.68. The Morgan fingerprint density at radius 3 is 2.53 bits per heavy atom. The zero-order chi connectivity index (χ0) is 13.9. The van der Waals surface area contributed by atoms with E-state index in [1.807, 2.05) is 4.90 Å². The SMILES string of the molecule is CCOC(=O)C(CN1CCS(=O)(=O)CC1)NC1CC1. The Morgan fingerprint density at radius 2 is 2.00 bits per heavy atom. The first kappa shape index (κ1) is 14.7. The number of ether oxygens (including phenoxy) is 1. The van der Waals surface area contributed by atoms with E-state index in [9.17, 15) is 13.2 Å². The minimum absolute atomic E-state index is 0.186. The van der Waals surface area contributed by atoms with Crippen LogP contribution in [0.1, 0.15) is 19.8 Å². The summed E-state index contributed by atoms with van der Waals surface area (Å²) in [4.78, 5) is 13.9. The lowest BCUT2D eigenvalue weighted by Gasteiger charge is -2.29. The molecule has 1 heterocycles. The maximum absolute atomic E-state index is 11.9. The summed E-state index contributed by atoms with van der Waals surface area (Å²) in [5, 5.41) is 3.28. The number of carbonyl (C=O) groups excluding carboxylic acids is 1. The van der Waals surface area contributed by atoms with E-state index in [2.05, 4.69) is 5.32 Å². The summed E-state index contributed by atoms with van der Waals surface area (Å²) < 4.78 is 27.8. The van der Waals surface area contributed by atoms with Gasteiger partial charge in [-0.2, -0.15) is 0 Å². The van der Waals surface area contributed by atoms with Crippen molar-refractivity contribution in [3.8, 4) is 0 Å². The number of nitrogens with one attached hydrogen (secondary N) is 1. The van der Waals surface area contributed by atoms with Crippen LogP contribution in [-0.2, 0) is 19.4 Å². The van der Waals surface area contributed by atoms with Crippen molar-refractivity contribution in [2.24, 2.45) is 0 Å². The molecule has 0 radical (unpaired) electrons. The molecule has 0 aromatic rings. The van der Waals surface area contributed by atoms with Gasteiger partial charge in [0.05, 0.1) is 18.1 Å². The molecule has 0 bridgehead atoms. The fourth-order valence-corrected chi connectivity index (χ4v) is 3.44. The van der Waals surface area contributed by atoms with Crippen LogP contribution in [0.25, 0.3) is 0 Å². The molecule has 1 aliphatic heterocycles. The summed E-state index contributed by atoms with van der Waals surface area (Å²) in [6, 6.07) is 0.0798. The third kappa shape index (κ3) is 4.74. The van der Waals surface area contributed by atoms with Gasteiger partial charge in [-0.25, -0.2) is 8.42 Å². The number of nitrogens with zero attached hydrogens (tertiary/aromatic N) is 1. The number of sulfone groups is 1. The fourth-order valence-electron chi connectivity index (χ4n) is 2.16. The van der Waals surface area contributed by atoms with Gasteiger partial charge in [0.1, 0.15) is 6.04 Å². The van der Waals surface area contributed by atoms with Gasteiger partial charge in [0.25, 0.3) is 0 Å². The van der Waals surface area contributed by atoms with Crippen molar-refractivity contribution in [1.29, 1.82) is 0 Å². The molecule has 1 N–H and O–H groups in total. The molecule has 1 atom stereocenters. The molecular formula is C12H22N2O4S. The van der Waals surface area contributed by atoms with Crippen molar-refractivity contribution in [2.45, 2.75) is 31.8 Å². The van der Waals surface area contributed by atoms with Crippen LogP contribution in [0.15, 0.2) is 0 Å². The molecule has 2 fully saturated rings. The summed E-state index contributed by atoms with van der Waals surface area (Å²) in [6.07, 6.45) is 2.20. The monoisotopic (exact) mass is 290 g/mol. The lowest BCUT2D eigenvalue weighted by Crippen LogP contribution is -2.51. The Morgan fingerprint density at radius 1 is 1.37 bits per heavy atom. The molecule has 1 unspecified atom stereocenters. The van der Waals surface area contributed by atoms with Gasteiger partial charge in [0, 0.05) is 25.7 Å². The number of carbonyl (C=O) groups is 1. The van der Waals surface area contributed by atoms with Gasteiger partial charge < -0.3 is 10.1 Å². The van der Waals surface area contributed by atoms with Crippen LogP contribution in [0.3, 0.4) is 0 Å². The topological polar surface area (TPSA) is 75.7 Å². The normalized spacial score (nSPS) is 24.9. The van der Waals surface area contributed by atoms with Gasteiger partial charge in [-0.3, -0.25) is 9.69 Å². The molecule has 0 amide bonds. The van der Waals surface area contributed by atoms with E-state index in [0.717, 1.165) is 12.8 Å². The summed E-state index contributed by atoms with van der Waals surface area (Å²) in [6.45, 7) is 3.70. The molecule has 19 heavy (non-hydrogen) atoms. The smallest absolute Gasteiger partial charge is 0.324 e. The van der Waals surface area contributed by atoms with Crippen LogP contribution in [0.2, 0.25) is 0 Å². The Hall–Kier alpha value is -0.660. The van der Waals surface area contributed by atoms with E-state index in [0.29, 0.717) is 32.3 Å². The highest BCUT2D eigenvalue weighted by molar-refractivity contribution is 7.91. The van der Waals surface area contributed by atoms with Gasteiger partial charge in [-0.15, -0.1) is 0 Å². The van der Waals surface area contributed by atoms with E-state index in [4.69, 9.17) is 4.74 Å². The number of hydrogen-bond acceptors (Lipinski definition) is 6. The van der Waals surface area contributed by atoms with Crippen LogP contribution >= 0.6 is 0 Å². The van der Waals surface area contributed by atoms with E-state index < -0.39 is 9.84 Å². The lowest BCUT2D eigenvalue weighted by molar-refractivity contribution is -0.146. The van der Waals surface area contributed by atoms with E-state index in [1.54, 1.807) is 6.92 Å². The van der Waals surface area contributed by atoms with Crippen LogP contribution in [0, 0.1) is 0 Å². The molecule has 2 rings (SSSR count). The highest BCUT2D eigenvalue weighted by atomic mass is 32.2. The molecular weight excluding hydrogens is 268 g/mol. The first-order chi connectivity index (χ1) is 9.00. The van der Waals surface area contributed by atoms with Gasteiger partial charge in [-0.1, -0.05) is 0 Å². The molecule has 0 aromatic heterocycles. The molecule has 110 valence electrons. The van der Waals surface area contributed by atoms with Crippen molar-refractivity contribution in [3.63, 3.8) is 0 Å². The number of esters is 1. The van der Waals surface area contributed by atoms with E-state index >= 15 is 0 Å². The largest absolute Gasteiger partial charge is 0.465 e. The number of rotatable bonds is 6. The summed E-state index contributed by atoms with van der Waals surface area (Å²) in [7, 11) is -2.87. The predicted molar refractivity (Wildman–Crippen MR) is 71.7 cm³/mol. The van der Waals surface area contributed by atoms with Gasteiger partial charge in [0.15, 0.2) is 9.84 Å². The summed E-state index contributed by atoms with van der Waals surface area (Å²) in [5.74, 6) is 0.139. The Labute approximate surface area is 114 Å². The average Bonchev–Trinajstić information content (AvgIpc) is 3.15. The second-order valence-electron chi connectivity index (χ2n) is 5.20. The molecule has 1 saturated carbocycles. The minimum Gasteiger partial charge on any atom is -0.465 e. The summed E-state index contributed by atoms with van der Waals surface area (Å²) >= 11 is 0. The van der Waals surface area contributed by atoms with E-state index in [1.165, 1.54) is 0 Å². The standard InChI is InChI=1S/C12H22N2O4S/c1-2-18-12(15)11(13-10-3-4-10)9-14-5-7-19(16,17)8-6-14/h10-11,13H,2-9H2,1H3. The van der Waals surface area contributed by atoms with Crippen LogP contribution in [0.4, 0.5) is 0 Å². The molecule has 2 aliphatic rings. The minimum atomic E-state index is -2.87. The Bertz CT molecular complexity index is 405. The van der Waals surface area contributed by atoms with Crippen molar-refractivity contribution in [2.75, 3.05) is 37.7 Å². The van der Waals surface area contributed by atoms with Crippen LogP contribution < -0.4 is 5.32 Å². The van der Waals surface area contributed by atoms with Gasteiger partial charge >= 0.3 is 5.97 Å². The maximum Gasteiger partial charge on any atom is 0.324 e. The van der Waals surface area contributed by atoms with Gasteiger partial charge in [0.2, 0.25) is 0 Å². The van der Waals surface area contributed by atoms with Crippen molar-refractivity contribution in [1.82, 2.24) is 10.2 Å². The molecule has 1 aliphatic carbocycles. The highest BCUT2D eigenvalue weighted by Crippen LogP contribution is 2.20. The molecule has 0 aromatic carbocycles.